The van der Waals surface area contributed by atoms with Crippen LogP contribution in [0.5, 0.6) is 17.2 Å². The fourth-order valence-electron chi connectivity index (χ4n) is 4.51. The van der Waals surface area contributed by atoms with E-state index in [-0.39, 0.29) is 0 Å². The van der Waals surface area contributed by atoms with Crippen molar-refractivity contribution >= 4 is 7.82 Å². The van der Waals surface area contributed by atoms with Crippen LogP contribution in [0.3, 0.4) is 0 Å². The Morgan fingerprint density at radius 1 is 0.719 bits per heavy atom. The molecule has 1 atom stereocenters. The van der Waals surface area contributed by atoms with Crippen molar-refractivity contribution in [1.82, 2.24) is 0 Å². The maximum atomic E-state index is 12.6. The molecule has 5 heteroatoms. The van der Waals surface area contributed by atoms with Gasteiger partial charge in [0.1, 0.15) is 0 Å². The molecule has 2 aliphatic heterocycles. The molecule has 0 aromatic heterocycles. The van der Waals surface area contributed by atoms with Crippen molar-refractivity contribution in [2.24, 2.45) is 0 Å². The van der Waals surface area contributed by atoms with Gasteiger partial charge < -0.3 is 13.6 Å². The number of fused-ring (bicyclic) bond motifs is 1. The van der Waals surface area contributed by atoms with E-state index in [0.29, 0.717) is 17.2 Å². The quantitative estimate of drug-likeness (QED) is 0.230. The summed E-state index contributed by atoms with van der Waals surface area (Å²) in [6.07, 6.45) is 10.3. The highest BCUT2D eigenvalue weighted by molar-refractivity contribution is 7.50. The molecule has 0 fully saturated rings. The molecule has 0 amide bonds. The molecular formula is C27H29O4P. The first-order valence-corrected chi connectivity index (χ1v) is 13.2. The van der Waals surface area contributed by atoms with Gasteiger partial charge in [0.25, 0.3) is 0 Å². The van der Waals surface area contributed by atoms with Gasteiger partial charge in [-0.2, -0.15) is 4.57 Å². The van der Waals surface area contributed by atoms with Gasteiger partial charge in [-0.05, 0) is 41.2 Å². The summed E-state index contributed by atoms with van der Waals surface area (Å²) < 4.78 is 29.2. The highest BCUT2D eigenvalue weighted by Crippen LogP contribution is 2.71. The number of phosphoric ester groups is 1. The Morgan fingerprint density at radius 2 is 1.41 bits per heavy atom. The minimum Gasteiger partial charge on any atom is -0.382 e. The van der Waals surface area contributed by atoms with Crippen LogP contribution < -0.4 is 13.6 Å². The van der Waals surface area contributed by atoms with E-state index < -0.39 is 7.82 Å². The van der Waals surface area contributed by atoms with Crippen LogP contribution >= 0.6 is 7.82 Å². The third-order valence-corrected chi connectivity index (χ3v) is 7.45. The predicted octanol–water partition coefficient (Wildman–Crippen LogP) is 8.59. The second-order valence-electron chi connectivity index (χ2n) is 8.61. The van der Waals surface area contributed by atoms with Gasteiger partial charge in [-0.3, -0.25) is 0 Å². The van der Waals surface area contributed by atoms with E-state index in [0.717, 1.165) is 28.7 Å². The Kier molecular flexibility index (Phi) is 5.97. The van der Waals surface area contributed by atoms with E-state index in [1.54, 1.807) is 0 Å². The fraction of sp³-hybridized carbons (Fsp3) is 0.333. The molecule has 2 aliphatic rings. The van der Waals surface area contributed by atoms with Crippen LogP contribution in [0.4, 0.5) is 0 Å². The second-order valence-corrected chi connectivity index (χ2v) is 10.1. The Hall–Kier alpha value is -2.71. The van der Waals surface area contributed by atoms with Crippen molar-refractivity contribution in [3.8, 4) is 39.5 Å². The normalized spacial score (nSPS) is 17.7. The number of aryl methyl sites for hydroxylation is 1. The number of benzene rings is 3. The van der Waals surface area contributed by atoms with Crippen molar-refractivity contribution in [1.29, 1.82) is 0 Å². The van der Waals surface area contributed by atoms with Crippen LogP contribution in [0.1, 0.15) is 57.4 Å². The lowest BCUT2D eigenvalue weighted by Crippen LogP contribution is -2.00. The van der Waals surface area contributed by atoms with E-state index in [1.165, 1.54) is 50.5 Å². The number of rotatable bonds is 10. The predicted molar refractivity (Wildman–Crippen MR) is 129 cm³/mol. The zero-order chi connectivity index (χ0) is 22.0. The van der Waals surface area contributed by atoms with Crippen molar-refractivity contribution in [3.63, 3.8) is 0 Å². The van der Waals surface area contributed by atoms with Gasteiger partial charge in [0.05, 0.1) is 0 Å². The molecule has 4 nitrogen and oxygen atoms in total. The lowest BCUT2D eigenvalue weighted by atomic mass is 9.92. The second kappa shape index (κ2) is 9.03. The molecule has 0 N–H and O–H groups in total. The molecule has 32 heavy (non-hydrogen) atoms. The van der Waals surface area contributed by atoms with Gasteiger partial charge in [-0.15, -0.1) is 0 Å². The molecule has 1 unspecified atom stereocenters. The number of phosphoric acid groups is 1. The van der Waals surface area contributed by atoms with Crippen LogP contribution in [-0.2, 0) is 11.0 Å². The average Bonchev–Trinajstić information content (AvgIpc) is 3.33. The van der Waals surface area contributed by atoms with Crippen molar-refractivity contribution < 1.29 is 18.1 Å². The molecule has 3 aromatic carbocycles. The van der Waals surface area contributed by atoms with Gasteiger partial charge in [-0.1, -0.05) is 100 Å². The smallest absolute Gasteiger partial charge is 0.382 e. The third kappa shape index (κ3) is 4.17. The molecule has 0 saturated carbocycles. The van der Waals surface area contributed by atoms with Gasteiger partial charge in [-0.25, -0.2) is 0 Å². The zero-order valence-electron chi connectivity index (χ0n) is 18.5. The maximum Gasteiger partial charge on any atom is 0.647 e. The molecule has 0 saturated heterocycles. The minimum atomic E-state index is -3.55. The summed E-state index contributed by atoms with van der Waals surface area (Å²) in [6.45, 7) is 2.26. The summed E-state index contributed by atoms with van der Waals surface area (Å²) in [5.41, 5.74) is 5.30. The number of unbranched alkanes of at least 4 members (excludes halogenated alkanes) is 6. The molecule has 0 spiro atoms. The third-order valence-electron chi connectivity index (χ3n) is 6.21. The summed E-state index contributed by atoms with van der Waals surface area (Å²) in [7, 11) is -3.55. The van der Waals surface area contributed by atoms with Gasteiger partial charge in [0.2, 0.25) is 5.75 Å². The van der Waals surface area contributed by atoms with Gasteiger partial charge in [0.15, 0.2) is 11.5 Å². The van der Waals surface area contributed by atoms with E-state index in [9.17, 15) is 4.57 Å². The van der Waals surface area contributed by atoms with E-state index >= 15 is 0 Å². The Bertz CT molecular complexity index is 1140. The maximum absolute atomic E-state index is 12.6. The van der Waals surface area contributed by atoms with Crippen LogP contribution in [0.15, 0.2) is 60.7 Å². The van der Waals surface area contributed by atoms with Gasteiger partial charge >= 0.3 is 7.82 Å². The summed E-state index contributed by atoms with van der Waals surface area (Å²) in [6, 6.07) is 20.7. The van der Waals surface area contributed by atoms with Crippen molar-refractivity contribution in [2.45, 2.75) is 58.3 Å². The largest absolute Gasteiger partial charge is 0.647 e. The van der Waals surface area contributed by atoms with Crippen LogP contribution in [0, 0.1) is 0 Å². The first-order valence-electron chi connectivity index (χ1n) is 11.7. The Labute approximate surface area is 190 Å². The highest BCUT2D eigenvalue weighted by atomic mass is 31.2. The van der Waals surface area contributed by atoms with Crippen molar-refractivity contribution in [3.05, 3.63) is 66.2 Å². The lowest BCUT2D eigenvalue weighted by molar-refractivity contribution is 0.354. The van der Waals surface area contributed by atoms with Crippen LogP contribution in [0.2, 0.25) is 0 Å². The van der Waals surface area contributed by atoms with E-state index in [1.807, 2.05) is 24.3 Å². The average molecular weight is 448 g/mol. The fourth-order valence-corrected chi connectivity index (χ4v) is 5.80. The molecule has 5 rings (SSSR count). The highest BCUT2D eigenvalue weighted by Gasteiger charge is 2.51. The number of hydrogen-bond donors (Lipinski definition) is 0. The first kappa shape index (κ1) is 21.2. The first-order chi connectivity index (χ1) is 15.7. The molecule has 2 bridgehead atoms. The monoisotopic (exact) mass is 448 g/mol. The van der Waals surface area contributed by atoms with E-state index in [4.69, 9.17) is 13.6 Å². The molecule has 3 aromatic rings. The Morgan fingerprint density at radius 3 is 2.12 bits per heavy atom. The van der Waals surface area contributed by atoms with E-state index in [2.05, 4.69) is 43.3 Å². The topological polar surface area (TPSA) is 44.8 Å². The van der Waals surface area contributed by atoms with Crippen LogP contribution in [-0.4, -0.2) is 0 Å². The molecule has 0 radical (unpaired) electrons. The minimum absolute atomic E-state index is 0.454. The number of hydrogen-bond acceptors (Lipinski definition) is 4. The molecule has 2 heterocycles. The molecular weight excluding hydrogens is 419 g/mol. The summed E-state index contributed by atoms with van der Waals surface area (Å²) >= 11 is 0. The molecule has 166 valence electrons. The Balaban J connectivity index is 1.37. The lowest BCUT2D eigenvalue weighted by Gasteiger charge is -2.18. The summed E-state index contributed by atoms with van der Waals surface area (Å²) in [5.74, 6) is 1.47. The SMILES string of the molecule is CCCCCCCCCc1ccc(-c2c(-c3ccccc3)cc3c4c2OP(=O)(O3)O4)cc1. The summed E-state index contributed by atoms with van der Waals surface area (Å²) in [5, 5.41) is 0. The van der Waals surface area contributed by atoms with Gasteiger partial charge in [0, 0.05) is 5.56 Å². The van der Waals surface area contributed by atoms with Crippen molar-refractivity contribution in [2.75, 3.05) is 0 Å². The standard InChI is InChI=1S/C27H29O4P/c1-2-3-4-5-6-7-9-12-20-15-17-22(18-16-20)25-23(21-13-10-8-11-14-21)19-24-26-27(25)31-32(28,29-24)30-26/h8,10-11,13-19H,2-7,9,12H2,1H3. The molecule has 0 aliphatic carbocycles. The van der Waals surface area contributed by atoms with Crippen LogP contribution in [0.25, 0.3) is 22.3 Å². The summed E-state index contributed by atoms with van der Waals surface area (Å²) in [4.78, 5) is 0. The zero-order valence-corrected chi connectivity index (χ0v) is 19.4.